The Kier molecular flexibility index (Phi) is 5.49. The van der Waals surface area contributed by atoms with Gasteiger partial charge in [-0.25, -0.2) is 0 Å². The molecular weight excluding hydrogens is 350 g/mol. The first kappa shape index (κ1) is 18.6. The molecule has 0 saturated carbocycles. The van der Waals surface area contributed by atoms with E-state index in [1.807, 2.05) is 25.1 Å². The summed E-state index contributed by atoms with van der Waals surface area (Å²) >= 11 is 0. The van der Waals surface area contributed by atoms with Crippen LogP contribution in [0.1, 0.15) is 35.8 Å². The van der Waals surface area contributed by atoms with Gasteiger partial charge < -0.3 is 24.3 Å². The number of benzene rings is 2. The first-order chi connectivity index (χ1) is 13.0. The van der Waals surface area contributed by atoms with Gasteiger partial charge in [-0.05, 0) is 49.7 Å². The Hall–Kier alpha value is -3.22. The molecule has 0 radical (unpaired) electrons. The van der Waals surface area contributed by atoms with Crippen LogP contribution in [0, 0.1) is 0 Å². The van der Waals surface area contributed by atoms with Crippen molar-refractivity contribution in [1.29, 1.82) is 0 Å². The van der Waals surface area contributed by atoms with Crippen molar-refractivity contribution in [2.75, 3.05) is 20.5 Å². The number of rotatable bonds is 7. The summed E-state index contributed by atoms with van der Waals surface area (Å²) in [5.74, 6) is 1.81. The number of hydrogen-bond donors (Lipinski definition) is 1. The lowest BCUT2D eigenvalue weighted by atomic mass is 10.1. The highest BCUT2D eigenvalue weighted by atomic mass is 16.7. The highest BCUT2D eigenvalue weighted by molar-refractivity contribution is 5.94. The molecule has 0 aliphatic carbocycles. The zero-order valence-electron chi connectivity index (χ0n) is 15.4. The average Bonchev–Trinajstić information content (AvgIpc) is 3.13. The van der Waals surface area contributed by atoms with Gasteiger partial charge in [0, 0.05) is 5.56 Å². The lowest BCUT2D eigenvalue weighted by molar-refractivity contribution is -0.123. The van der Waals surface area contributed by atoms with Gasteiger partial charge in [0.15, 0.2) is 35.4 Å². The van der Waals surface area contributed by atoms with Gasteiger partial charge in [0.1, 0.15) is 0 Å². The maximum absolute atomic E-state index is 12.2. The molecule has 7 heteroatoms. The minimum Gasteiger partial charge on any atom is -0.493 e. The molecule has 1 heterocycles. The van der Waals surface area contributed by atoms with E-state index in [2.05, 4.69) is 5.32 Å². The molecule has 2 aromatic carbocycles. The third kappa shape index (κ3) is 4.31. The molecule has 2 aromatic rings. The summed E-state index contributed by atoms with van der Waals surface area (Å²) in [7, 11) is 1.48. The van der Waals surface area contributed by atoms with Crippen LogP contribution in [0.4, 0.5) is 0 Å². The van der Waals surface area contributed by atoms with Crippen molar-refractivity contribution in [2.45, 2.75) is 19.9 Å². The van der Waals surface area contributed by atoms with Gasteiger partial charge in [-0.15, -0.1) is 0 Å². The van der Waals surface area contributed by atoms with Crippen LogP contribution in [0.3, 0.4) is 0 Å². The summed E-state index contributed by atoms with van der Waals surface area (Å²) in [5, 5.41) is 2.87. The van der Waals surface area contributed by atoms with Gasteiger partial charge in [-0.2, -0.15) is 0 Å². The van der Waals surface area contributed by atoms with Crippen LogP contribution in [0.2, 0.25) is 0 Å². The molecule has 0 aromatic heterocycles. The van der Waals surface area contributed by atoms with Crippen LogP contribution >= 0.6 is 0 Å². The minimum atomic E-state index is -0.280. The second-order valence-corrected chi connectivity index (χ2v) is 6.11. The molecule has 27 heavy (non-hydrogen) atoms. The Balaban J connectivity index is 1.59. The quantitative estimate of drug-likeness (QED) is 0.754. The first-order valence-corrected chi connectivity index (χ1v) is 8.48. The fraction of sp³-hybridized carbons (Fsp3) is 0.300. The van der Waals surface area contributed by atoms with Gasteiger partial charge in [-0.1, -0.05) is 6.07 Å². The summed E-state index contributed by atoms with van der Waals surface area (Å²) in [5.41, 5.74) is 1.41. The third-order valence-corrected chi connectivity index (χ3v) is 4.20. The van der Waals surface area contributed by atoms with E-state index in [0.717, 1.165) is 5.56 Å². The third-order valence-electron chi connectivity index (χ3n) is 4.20. The molecular formula is C20H21NO6. The molecule has 1 aliphatic heterocycles. The zero-order chi connectivity index (χ0) is 19.4. The van der Waals surface area contributed by atoms with E-state index in [4.69, 9.17) is 18.9 Å². The number of nitrogens with one attached hydrogen (secondary N) is 1. The number of ketones is 1. The van der Waals surface area contributed by atoms with Crippen LogP contribution in [0.5, 0.6) is 23.0 Å². The van der Waals surface area contributed by atoms with Crippen molar-refractivity contribution in [3.05, 3.63) is 47.5 Å². The molecule has 0 bridgehead atoms. The van der Waals surface area contributed by atoms with E-state index >= 15 is 0 Å². The van der Waals surface area contributed by atoms with Crippen molar-refractivity contribution in [3.63, 3.8) is 0 Å². The number of amides is 1. The van der Waals surface area contributed by atoms with E-state index in [-0.39, 0.29) is 31.1 Å². The van der Waals surface area contributed by atoms with Crippen LogP contribution in [0.15, 0.2) is 36.4 Å². The molecule has 0 fully saturated rings. The highest BCUT2D eigenvalue weighted by Crippen LogP contribution is 2.34. The van der Waals surface area contributed by atoms with Crippen molar-refractivity contribution in [2.24, 2.45) is 0 Å². The fourth-order valence-electron chi connectivity index (χ4n) is 2.70. The zero-order valence-corrected chi connectivity index (χ0v) is 15.4. The predicted octanol–water partition coefficient (Wildman–Crippen LogP) is 2.88. The molecule has 1 N–H and O–H groups in total. The van der Waals surface area contributed by atoms with Gasteiger partial charge in [0.05, 0.1) is 13.2 Å². The number of methoxy groups -OCH3 is 1. The van der Waals surface area contributed by atoms with E-state index in [0.29, 0.717) is 28.6 Å². The van der Waals surface area contributed by atoms with Crippen LogP contribution in [-0.2, 0) is 4.79 Å². The standard InChI is InChI=1S/C20H21NO6/c1-12(14-4-6-17-19(8-14)27-11-26-17)21-20(23)10-25-16-7-5-15(13(2)22)9-18(16)24-3/h4-9,12H,10-11H2,1-3H3,(H,21,23)/t12-/m1/s1. The summed E-state index contributed by atoms with van der Waals surface area (Å²) < 4.78 is 21.4. The molecule has 7 nitrogen and oxygen atoms in total. The molecule has 1 atom stereocenters. The Morgan fingerprint density at radius 3 is 2.63 bits per heavy atom. The number of Topliss-reactive ketones (excluding diaryl/α,β-unsaturated/α-hetero) is 1. The van der Waals surface area contributed by atoms with E-state index in [1.165, 1.54) is 14.0 Å². The normalized spacial score (nSPS) is 13.0. The van der Waals surface area contributed by atoms with E-state index in [9.17, 15) is 9.59 Å². The van der Waals surface area contributed by atoms with Crippen LogP contribution in [0.25, 0.3) is 0 Å². The van der Waals surface area contributed by atoms with Crippen molar-refractivity contribution in [3.8, 4) is 23.0 Å². The largest absolute Gasteiger partial charge is 0.493 e. The maximum Gasteiger partial charge on any atom is 0.258 e. The maximum atomic E-state index is 12.2. The second-order valence-electron chi connectivity index (χ2n) is 6.11. The van der Waals surface area contributed by atoms with Gasteiger partial charge in [-0.3, -0.25) is 9.59 Å². The smallest absolute Gasteiger partial charge is 0.258 e. The highest BCUT2D eigenvalue weighted by Gasteiger charge is 2.17. The summed E-state index contributed by atoms with van der Waals surface area (Å²) in [6.07, 6.45) is 0. The van der Waals surface area contributed by atoms with Gasteiger partial charge in [0.2, 0.25) is 6.79 Å². The molecule has 0 unspecified atom stereocenters. The Labute approximate surface area is 157 Å². The average molecular weight is 371 g/mol. The molecule has 1 amide bonds. The first-order valence-electron chi connectivity index (χ1n) is 8.48. The Morgan fingerprint density at radius 1 is 1.11 bits per heavy atom. The summed E-state index contributed by atoms with van der Waals surface area (Å²) in [6.45, 7) is 3.38. The Morgan fingerprint density at radius 2 is 1.89 bits per heavy atom. The van der Waals surface area contributed by atoms with Crippen molar-refractivity contribution in [1.82, 2.24) is 5.32 Å². The van der Waals surface area contributed by atoms with Gasteiger partial charge >= 0.3 is 0 Å². The van der Waals surface area contributed by atoms with Gasteiger partial charge in [0.25, 0.3) is 5.91 Å². The topological polar surface area (TPSA) is 83.1 Å². The number of fused-ring (bicyclic) bond motifs is 1. The second kappa shape index (κ2) is 7.99. The monoisotopic (exact) mass is 371 g/mol. The number of ether oxygens (including phenoxy) is 4. The lowest BCUT2D eigenvalue weighted by Gasteiger charge is -2.16. The summed E-state index contributed by atoms with van der Waals surface area (Å²) in [6, 6.07) is 10.2. The number of carbonyl (C=O) groups excluding carboxylic acids is 2. The fourth-order valence-corrected chi connectivity index (χ4v) is 2.70. The summed E-state index contributed by atoms with van der Waals surface area (Å²) in [4.78, 5) is 23.7. The van der Waals surface area contributed by atoms with E-state index < -0.39 is 0 Å². The van der Waals surface area contributed by atoms with Crippen LogP contribution < -0.4 is 24.3 Å². The SMILES string of the molecule is COc1cc(C(C)=O)ccc1OCC(=O)N[C@H](C)c1ccc2c(c1)OCO2. The van der Waals surface area contributed by atoms with Crippen molar-refractivity contribution < 1.29 is 28.5 Å². The minimum absolute atomic E-state index is 0.0739. The molecule has 0 spiro atoms. The van der Waals surface area contributed by atoms with Crippen LogP contribution in [-0.4, -0.2) is 32.2 Å². The number of carbonyl (C=O) groups is 2. The number of hydrogen-bond acceptors (Lipinski definition) is 6. The Bertz CT molecular complexity index is 864. The molecule has 1 aliphatic rings. The molecule has 0 saturated heterocycles. The molecule has 3 rings (SSSR count). The molecule has 142 valence electrons. The van der Waals surface area contributed by atoms with E-state index in [1.54, 1.807) is 18.2 Å². The lowest BCUT2D eigenvalue weighted by Crippen LogP contribution is -2.31. The van der Waals surface area contributed by atoms with Crippen molar-refractivity contribution >= 4 is 11.7 Å². The predicted molar refractivity (Wildman–Crippen MR) is 97.6 cm³/mol.